The average Bonchev–Trinajstić information content (AvgIpc) is 2.25. The van der Waals surface area contributed by atoms with Gasteiger partial charge in [-0.25, -0.2) is 0 Å². The molecule has 18 heavy (non-hydrogen) atoms. The summed E-state index contributed by atoms with van der Waals surface area (Å²) >= 11 is 0. The lowest BCUT2D eigenvalue weighted by Gasteiger charge is -2.47. The molecule has 0 radical (unpaired) electrons. The number of benzene rings is 1. The zero-order valence-electron chi connectivity index (χ0n) is 12.3. The van der Waals surface area contributed by atoms with Crippen molar-refractivity contribution in [3.63, 3.8) is 0 Å². The van der Waals surface area contributed by atoms with Gasteiger partial charge in [-0.05, 0) is 15.6 Å². The summed E-state index contributed by atoms with van der Waals surface area (Å²) in [6.07, 6.45) is 0. The first-order valence-electron chi connectivity index (χ1n) is 6.44. The third-order valence-electron chi connectivity index (χ3n) is 3.68. The van der Waals surface area contributed by atoms with Gasteiger partial charge in [0.25, 0.3) is 8.41 Å². The van der Waals surface area contributed by atoms with Crippen molar-refractivity contribution in [3.8, 4) is 0 Å². The molecule has 0 aliphatic heterocycles. The number of hydrogen-bond donors (Lipinski definition) is 1. The highest BCUT2D eigenvalue weighted by molar-refractivity contribution is 6.79. The van der Waals surface area contributed by atoms with Gasteiger partial charge in [0.05, 0.1) is 0 Å². The molecule has 0 amide bonds. The Labute approximate surface area is 111 Å². The van der Waals surface area contributed by atoms with Crippen molar-refractivity contribution in [1.82, 2.24) is 0 Å². The molecule has 1 nitrogen and oxygen atoms in total. The number of aliphatic hydroxyl groups is 1. The van der Waals surface area contributed by atoms with E-state index in [-0.39, 0.29) is 0 Å². The lowest BCUT2D eigenvalue weighted by atomic mass is 10.2. The second-order valence-corrected chi connectivity index (χ2v) is 12.0. The van der Waals surface area contributed by atoms with Crippen molar-refractivity contribution in [1.29, 1.82) is 0 Å². The van der Waals surface area contributed by atoms with Gasteiger partial charge >= 0.3 is 0 Å². The molecule has 0 saturated heterocycles. The summed E-state index contributed by atoms with van der Waals surface area (Å²) in [5, 5.41) is 9.57. The zero-order chi connectivity index (χ0) is 14.2. The maximum Gasteiger partial charge on any atom is 0.289 e. The molecule has 0 bridgehead atoms. The van der Waals surface area contributed by atoms with Crippen molar-refractivity contribution in [2.45, 2.75) is 57.3 Å². The molecule has 0 aliphatic carbocycles. The molecule has 0 aromatic heterocycles. The molecular weight excluding hydrogens is 243 g/mol. The van der Waals surface area contributed by atoms with E-state index in [1.54, 1.807) is 0 Å². The Morgan fingerprint density at radius 1 is 0.944 bits per heavy atom. The zero-order valence-corrected chi connectivity index (χ0v) is 13.3. The number of aliphatic hydroxyl groups excluding tert-OH is 1. The van der Waals surface area contributed by atoms with Crippen molar-refractivity contribution in [2.24, 2.45) is 0 Å². The minimum Gasteiger partial charge on any atom is -0.389 e. The third kappa shape index (κ3) is 2.52. The number of halogens is 1. The van der Waals surface area contributed by atoms with Crippen LogP contribution in [0.3, 0.4) is 0 Å². The minimum absolute atomic E-state index is 0.513. The van der Waals surface area contributed by atoms with Crippen LogP contribution in [-0.4, -0.2) is 13.5 Å². The molecular formula is C15H25FOSi. The number of rotatable bonds is 2. The van der Waals surface area contributed by atoms with E-state index in [4.69, 9.17) is 0 Å². The van der Waals surface area contributed by atoms with Crippen LogP contribution in [-0.2, 0) is 0 Å². The summed E-state index contributed by atoms with van der Waals surface area (Å²) in [5.74, 6) is 0. The van der Waals surface area contributed by atoms with E-state index < -0.39 is 24.2 Å². The van der Waals surface area contributed by atoms with Gasteiger partial charge in [0, 0.05) is 0 Å². The first kappa shape index (κ1) is 15.4. The fourth-order valence-corrected chi connectivity index (χ4v) is 7.35. The van der Waals surface area contributed by atoms with E-state index in [1.165, 1.54) is 0 Å². The van der Waals surface area contributed by atoms with Gasteiger partial charge in [-0.3, -0.25) is 0 Å². The average molecular weight is 268 g/mol. The third-order valence-corrected chi connectivity index (χ3v) is 9.13. The van der Waals surface area contributed by atoms with Crippen molar-refractivity contribution >= 4 is 8.41 Å². The van der Waals surface area contributed by atoms with E-state index >= 15 is 4.11 Å². The minimum atomic E-state index is -3.44. The predicted octanol–water partition coefficient (Wildman–Crippen LogP) is 4.77. The quantitative estimate of drug-likeness (QED) is 0.605. The van der Waals surface area contributed by atoms with Crippen LogP contribution in [0, 0.1) is 0 Å². The Morgan fingerprint density at radius 2 is 1.33 bits per heavy atom. The lowest BCUT2D eigenvalue weighted by Crippen LogP contribution is -2.53. The maximum absolute atomic E-state index is 15.8. The number of hydrogen-bond acceptors (Lipinski definition) is 1. The highest BCUT2D eigenvalue weighted by Crippen LogP contribution is 2.57. The van der Waals surface area contributed by atoms with E-state index in [9.17, 15) is 5.11 Å². The van der Waals surface area contributed by atoms with Crippen molar-refractivity contribution in [3.05, 3.63) is 35.9 Å². The standard InChI is InChI=1S/C15H25FOSi/c1-14(2,3)18(16,15(4,5)6)13(17)12-10-8-7-9-11-12/h7-11,13,17H,1-6H3. The van der Waals surface area contributed by atoms with E-state index in [2.05, 4.69) is 0 Å². The van der Waals surface area contributed by atoms with Gasteiger partial charge in [0.2, 0.25) is 0 Å². The molecule has 0 saturated carbocycles. The molecule has 1 unspecified atom stereocenters. The van der Waals surface area contributed by atoms with Crippen molar-refractivity contribution in [2.75, 3.05) is 0 Å². The maximum atomic E-state index is 15.8. The molecule has 1 aromatic carbocycles. The van der Waals surface area contributed by atoms with Gasteiger partial charge in [-0.2, -0.15) is 0 Å². The van der Waals surface area contributed by atoms with Crippen LogP contribution in [0.4, 0.5) is 4.11 Å². The summed E-state index contributed by atoms with van der Waals surface area (Å²) in [5.41, 5.74) is -0.296. The highest BCUT2D eigenvalue weighted by Gasteiger charge is 2.60. The molecule has 1 aromatic rings. The van der Waals surface area contributed by atoms with Crippen LogP contribution in [0.15, 0.2) is 30.3 Å². The second kappa shape index (κ2) is 4.78. The smallest absolute Gasteiger partial charge is 0.289 e. The van der Waals surface area contributed by atoms with Crippen LogP contribution in [0.2, 0.25) is 10.1 Å². The predicted molar refractivity (Wildman–Crippen MR) is 77.7 cm³/mol. The Hall–Kier alpha value is -0.673. The first-order valence-corrected chi connectivity index (χ1v) is 8.39. The summed E-state index contributed by atoms with van der Waals surface area (Å²) in [4.78, 5) is 0. The highest BCUT2D eigenvalue weighted by atomic mass is 28.4. The van der Waals surface area contributed by atoms with Crippen LogP contribution >= 0.6 is 0 Å². The van der Waals surface area contributed by atoms with Gasteiger partial charge in [-0.1, -0.05) is 71.9 Å². The largest absolute Gasteiger partial charge is 0.389 e. The fraction of sp³-hybridized carbons (Fsp3) is 0.600. The Kier molecular flexibility index (Phi) is 4.09. The lowest BCUT2D eigenvalue weighted by molar-refractivity contribution is 0.216. The molecule has 102 valence electrons. The molecule has 1 atom stereocenters. The molecule has 0 spiro atoms. The van der Waals surface area contributed by atoms with Crippen LogP contribution in [0.25, 0.3) is 0 Å². The molecule has 1 rings (SSSR count). The first-order chi connectivity index (χ1) is 8.02. The molecule has 0 aliphatic rings. The monoisotopic (exact) mass is 268 g/mol. The molecule has 1 N–H and O–H groups in total. The second-order valence-electron chi connectivity index (χ2n) is 7.02. The van der Waals surface area contributed by atoms with Crippen LogP contribution in [0.1, 0.15) is 52.8 Å². The van der Waals surface area contributed by atoms with Crippen molar-refractivity contribution < 1.29 is 9.21 Å². The van der Waals surface area contributed by atoms with Crippen LogP contribution in [0.5, 0.6) is 0 Å². The summed E-state index contributed by atoms with van der Waals surface area (Å²) < 4.78 is 15.8. The molecule has 3 heteroatoms. The SMILES string of the molecule is CC(C)(C)[Si](F)(C(O)c1ccccc1)C(C)(C)C. The van der Waals surface area contributed by atoms with E-state index in [1.807, 2.05) is 71.9 Å². The van der Waals surface area contributed by atoms with Gasteiger partial charge in [0.1, 0.15) is 5.73 Å². The topological polar surface area (TPSA) is 20.2 Å². The van der Waals surface area contributed by atoms with Gasteiger partial charge < -0.3 is 9.21 Å². The fourth-order valence-electron chi connectivity index (χ4n) is 2.81. The molecule has 0 fully saturated rings. The summed E-state index contributed by atoms with van der Waals surface area (Å²) in [6.45, 7) is 11.4. The van der Waals surface area contributed by atoms with Gasteiger partial charge in [0.15, 0.2) is 0 Å². The van der Waals surface area contributed by atoms with Gasteiger partial charge in [-0.15, -0.1) is 0 Å². The summed E-state index contributed by atoms with van der Waals surface area (Å²) in [6, 6.07) is 9.19. The van der Waals surface area contributed by atoms with E-state index in [0.717, 1.165) is 0 Å². The molecule has 0 heterocycles. The summed E-state index contributed by atoms with van der Waals surface area (Å²) in [7, 11) is -3.44. The Morgan fingerprint density at radius 3 is 1.67 bits per heavy atom. The normalized spacial score (nSPS) is 15.6. The van der Waals surface area contributed by atoms with E-state index in [0.29, 0.717) is 5.56 Å². The Balaban J connectivity index is 3.30. The van der Waals surface area contributed by atoms with Crippen LogP contribution < -0.4 is 0 Å². The Bertz CT molecular complexity index is 375.